The molecule has 1 aromatic rings. The summed E-state index contributed by atoms with van der Waals surface area (Å²) >= 11 is 0. The van der Waals surface area contributed by atoms with Crippen LogP contribution < -0.4 is 15.4 Å². The Morgan fingerprint density at radius 1 is 1.33 bits per heavy atom. The van der Waals surface area contributed by atoms with Crippen LogP contribution in [0.25, 0.3) is 0 Å². The van der Waals surface area contributed by atoms with E-state index in [0.29, 0.717) is 12.4 Å². The standard InChI is InChI=1S/C17H26FN3O2.HI/c1-17(9-3-12-23-17)13-21-16(19-2)20-10-4-11-22-15-7-5-14(18)6-8-15;/h5-8H,3-4,9-13H2,1-2H3,(H2,19,20,21);1H. The predicted octanol–water partition coefficient (Wildman–Crippen LogP) is 2.95. The van der Waals surface area contributed by atoms with Crippen molar-refractivity contribution in [1.29, 1.82) is 0 Å². The van der Waals surface area contributed by atoms with Crippen molar-refractivity contribution in [3.05, 3.63) is 30.1 Å². The fourth-order valence-corrected chi connectivity index (χ4v) is 2.47. The number of hydrogen-bond acceptors (Lipinski definition) is 3. The molecule has 2 rings (SSSR count). The third-order valence-electron chi connectivity index (χ3n) is 3.85. The van der Waals surface area contributed by atoms with Crippen LogP contribution in [0.1, 0.15) is 26.2 Å². The molecule has 2 N–H and O–H groups in total. The molecule has 24 heavy (non-hydrogen) atoms. The summed E-state index contributed by atoms with van der Waals surface area (Å²) < 4.78 is 24.1. The van der Waals surface area contributed by atoms with Gasteiger partial charge in [-0.3, -0.25) is 4.99 Å². The highest BCUT2D eigenvalue weighted by Crippen LogP contribution is 2.23. The molecule has 0 amide bonds. The Kier molecular flexibility index (Phi) is 9.35. The largest absolute Gasteiger partial charge is 0.494 e. The minimum atomic E-state index is -0.256. The van der Waals surface area contributed by atoms with E-state index in [9.17, 15) is 4.39 Å². The second kappa shape index (κ2) is 10.7. The van der Waals surface area contributed by atoms with Gasteiger partial charge in [0.15, 0.2) is 5.96 Å². The average molecular weight is 451 g/mol. The van der Waals surface area contributed by atoms with Crippen LogP contribution >= 0.6 is 24.0 Å². The fourth-order valence-electron chi connectivity index (χ4n) is 2.47. The Morgan fingerprint density at radius 2 is 2.08 bits per heavy atom. The van der Waals surface area contributed by atoms with E-state index in [1.54, 1.807) is 19.2 Å². The van der Waals surface area contributed by atoms with Gasteiger partial charge in [0, 0.05) is 26.7 Å². The van der Waals surface area contributed by atoms with Crippen LogP contribution in [-0.4, -0.2) is 44.9 Å². The molecule has 1 heterocycles. The first-order valence-electron chi connectivity index (χ1n) is 8.08. The molecular weight excluding hydrogens is 424 g/mol. The third kappa shape index (κ3) is 7.21. The Morgan fingerprint density at radius 3 is 2.71 bits per heavy atom. The first-order chi connectivity index (χ1) is 11.1. The molecule has 0 aromatic heterocycles. The topological polar surface area (TPSA) is 54.9 Å². The SMILES string of the molecule is CN=C(NCCCOc1ccc(F)cc1)NCC1(C)CCCO1.I. The van der Waals surface area contributed by atoms with Crippen LogP contribution in [0.5, 0.6) is 5.75 Å². The van der Waals surface area contributed by atoms with Gasteiger partial charge in [0.05, 0.1) is 12.2 Å². The quantitative estimate of drug-likeness (QED) is 0.290. The van der Waals surface area contributed by atoms with Crippen molar-refractivity contribution in [2.45, 2.75) is 31.8 Å². The van der Waals surface area contributed by atoms with E-state index in [-0.39, 0.29) is 35.4 Å². The zero-order valence-electron chi connectivity index (χ0n) is 14.3. The number of aliphatic imine (C=N–C) groups is 1. The first-order valence-corrected chi connectivity index (χ1v) is 8.08. The molecule has 1 saturated heterocycles. The number of guanidine groups is 1. The Bertz CT molecular complexity index is 505. The summed E-state index contributed by atoms with van der Waals surface area (Å²) in [6, 6.07) is 6.05. The van der Waals surface area contributed by atoms with Gasteiger partial charge in [-0.05, 0) is 50.5 Å². The number of rotatable bonds is 7. The van der Waals surface area contributed by atoms with Gasteiger partial charge in [-0.2, -0.15) is 0 Å². The summed E-state index contributed by atoms with van der Waals surface area (Å²) in [5.41, 5.74) is -0.0939. The molecule has 0 radical (unpaired) electrons. The number of benzene rings is 1. The zero-order chi connectivity index (χ0) is 16.5. The normalized spacial score (nSPS) is 20.4. The molecule has 0 saturated carbocycles. The summed E-state index contributed by atoms with van der Waals surface area (Å²) in [5.74, 6) is 1.19. The average Bonchev–Trinajstić information content (AvgIpc) is 2.99. The molecule has 1 aromatic carbocycles. The minimum Gasteiger partial charge on any atom is -0.494 e. The van der Waals surface area contributed by atoms with Gasteiger partial charge in [-0.15, -0.1) is 24.0 Å². The van der Waals surface area contributed by atoms with E-state index >= 15 is 0 Å². The van der Waals surface area contributed by atoms with Gasteiger partial charge in [0.25, 0.3) is 0 Å². The van der Waals surface area contributed by atoms with Crippen LogP contribution in [-0.2, 0) is 4.74 Å². The van der Waals surface area contributed by atoms with Crippen LogP contribution in [0, 0.1) is 5.82 Å². The molecule has 0 bridgehead atoms. The minimum absolute atomic E-state index is 0. The van der Waals surface area contributed by atoms with Crippen LogP contribution in [0.4, 0.5) is 4.39 Å². The summed E-state index contributed by atoms with van der Waals surface area (Å²) in [7, 11) is 1.75. The molecule has 1 aliphatic heterocycles. The highest BCUT2D eigenvalue weighted by molar-refractivity contribution is 14.0. The maximum atomic E-state index is 12.8. The van der Waals surface area contributed by atoms with Gasteiger partial charge >= 0.3 is 0 Å². The lowest BCUT2D eigenvalue weighted by atomic mass is 10.0. The van der Waals surface area contributed by atoms with Crippen molar-refractivity contribution < 1.29 is 13.9 Å². The molecule has 0 aliphatic carbocycles. The van der Waals surface area contributed by atoms with Crippen molar-refractivity contribution >= 4 is 29.9 Å². The number of nitrogens with one attached hydrogen (secondary N) is 2. The summed E-state index contributed by atoms with van der Waals surface area (Å²) in [5, 5.41) is 6.55. The van der Waals surface area contributed by atoms with Crippen molar-refractivity contribution in [2.24, 2.45) is 4.99 Å². The highest BCUT2D eigenvalue weighted by atomic mass is 127. The molecule has 1 aliphatic rings. The van der Waals surface area contributed by atoms with E-state index in [4.69, 9.17) is 9.47 Å². The summed E-state index contributed by atoms with van der Waals surface area (Å²) in [4.78, 5) is 4.20. The van der Waals surface area contributed by atoms with E-state index in [0.717, 1.165) is 44.9 Å². The van der Waals surface area contributed by atoms with Crippen LogP contribution in [0.15, 0.2) is 29.3 Å². The van der Waals surface area contributed by atoms with Crippen molar-refractivity contribution in [2.75, 3.05) is 33.4 Å². The lowest BCUT2D eigenvalue weighted by molar-refractivity contribution is 0.0243. The van der Waals surface area contributed by atoms with E-state index in [2.05, 4.69) is 22.5 Å². The number of hydrogen-bond donors (Lipinski definition) is 2. The lowest BCUT2D eigenvalue weighted by Gasteiger charge is -2.24. The smallest absolute Gasteiger partial charge is 0.191 e. The van der Waals surface area contributed by atoms with E-state index in [1.165, 1.54) is 12.1 Å². The Labute approximate surface area is 160 Å². The van der Waals surface area contributed by atoms with Crippen LogP contribution in [0.2, 0.25) is 0 Å². The molecule has 0 spiro atoms. The van der Waals surface area contributed by atoms with E-state index in [1.807, 2.05) is 0 Å². The maximum absolute atomic E-state index is 12.8. The molecule has 7 heteroatoms. The molecule has 136 valence electrons. The summed E-state index contributed by atoms with van der Waals surface area (Å²) in [6.45, 7) is 5.02. The van der Waals surface area contributed by atoms with Crippen molar-refractivity contribution in [3.63, 3.8) is 0 Å². The summed E-state index contributed by atoms with van der Waals surface area (Å²) in [6.07, 6.45) is 3.01. The zero-order valence-corrected chi connectivity index (χ0v) is 16.6. The van der Waals surface area contributed by atoms with Gasteiger partial charge < -0.3 is 20.1 Å². The molecule has 1 unspecified atom stereocenters. The van der Waals surface area contributed by atoms with Crippen molar-refractivity contribution in [3.8, 4) is 5.75 Å². The first kappa shape index (κ1) is 21.0. The van der Waals surface area contributed by atoms with Crippen LogP contribution in [0.3, 0.4) is 0 Å². The van der Waals surface area contributed by atoms with Gasteiger partial charge in [-0.1, -0.05) is 0 Å². The predicted molar refractivity (Wildman–Crippen MR) is 105 cm³/mol. The molecule has 5 nitrogen and oxygen atoms in total. The molecular formula is C17H27FIN3O2. The Hall–Kier alpha value is -1.09. The fraction of sp³-hybridized carbons (Fsp3) is 0.588. The van der Waals surface area contributed by atoms with E-state index < -0.39 is 0 Å². The maximum Gasteiger partial charge on any atom is 0.191 e. The number of nitrogens with zero attached hydrogens (tertiary/aromatic N) is 1. The highest BCUT2D eigenvalue weighted by Gasteiger charge is 2.29. The van der Waals surface area contributed by atoms with Gasteiger partial charge in [-0.25, -0.2) is 4.39 Å². The monoisotopic (exact) mass is 451 g/mol. The van der Waals surface area contributed by atoms with Gasteiger partial charge in [0.2, 0.25) is 0 Å². The van der Waals surface area contributed by atoms with Crippen molar-refractivity contribution in [1.82, 2.24) is 10.6 Å². The van der Waals surface area contributed by atoms with Gasteiger partial charge in [0.1, 0.15) is 11.6 Å². The second-order valence-corrected chi connectivity index (χ2v) is 5.91. The number of halogens is 2. The molecule has 1 atom stereocenters. The number of ether oxygens (including phenoxy) is 2. The second-order valence-electron chi connectivity index (χ2n) is 5.91. The Balaban J connectivity index is 0.00000288. The third-order valence-corrected chi connectivity index (χ3v) is 3.85. The molecule has 1 fully saturated rings. The lowest BCUT2D eigenvalue weighted by Crippen LogP contribution is -2.45.